The number of amides is 1. The summed E-state index contributed by atoms with van der Waals surface area (Å²) >= 11 is 0. The third kappa shape index (κ3) is 1.99. The van der Waals surface area contributed by atoms with E-state index < -0.39 is 38.1 Å². The number of rotatable bonds is 0. The molecule has 1 heterocycles. The van der Waals surface area contributed by atoms with Crippen molar-refractivity contribution >= 4 is 21.4 Å². The van der Waals surface area contributed by atoms with Crippen LogP contribution in [-0.2, 0) is 20.8 Å². The number of nitrogens with one attached hydrogen (secondary N) is 1. The molecular weight excluding hydrogens is 259 g/mol. The summed E-state index contributed by atoms with van der Waals surface area (Å²) in [5.41, 5.74) is -1.58. The van der Waals surface area contributed by atoms with Crippen LogP contribution >= 0.6 is 0 Å². The Hall–Kier alpha value is -1.57. The van der Waals surface area contributed by atoms with Gasteiger partial charge in [0.1, 0.15) is 10.6 Å². The average Bonchev–Trinajstić information content (AvgIpc) is 2.13. The normalized spacial score (nSPS) is 18.4. The van der Waals surface area contributed by atoms with Crippen molar-refractivity contribution in [3.8, 4) is 0 Å². The van der Waals surface area contributed by atoms with E-state index in [0.717, 1.165) is 12.1 Å². The van der Waals surface area contributed by atoms with Gasteiger partial charge in [0.05, 0.1) is 11.3 Å². The molecule has 0 bridgehead atoms. The zero-order chi connectivity index (χ0) is 12.8. The summed E-state index contributed by atoms with van der Waals surface area (Å²) in [7, 11) is -4.24. The number of carbonyl (C=O) groups excluding carboxylic acids is 1. The second-order valence-corrected chi connectivity index (χ2v) is 5.41. The van der Waals surface area contributed by atoms with Gasteiger partial charge in [-0.15, -0.1) is 0 Å². The highest BCUT2D eigenvalue weighted by Gasteiger charge is 2.41. The molecule has 0 aromatic heterocycles. The highest BCUT2D eigenvalue weighted by atomic mass is 32.2. The van der Waals surface area contributed by atoms with Crippen molar-refractivity contribution in [3.63, 3.8) is 0 Å². The summed E-state index contributed by atoms with van der Waals surface area (Å²) in [6.45, 7) is 0. The van der Waals surface area contributed by atoms with Crippen LogP contribution in [0.15, 0.2) is 23.1 Å². The second kappa shape index (κ2) is 3.46. The van der Waals surface area contributed by atoms with Crippen molar-refractivity contribution in [2.24, 2.45) is 0 Å². The van der Waals surface area contributed by atoms with E-state index in [1.165, 1.54) is 0 Å². The molecule has 1 aliphatic heterocycles. The van der Waals surface area contributed by atoms with Crippen LogP contribution in [0, 0.1) is 0 Å². The molecule has 0 unspecified atom stereocenters. The van der Waals surface area contributed by atoms with Crippen molar-refractivity contribution in [1.82, 2.24) is 0 Å². The number of anilines is 1. The molecule has 1 aliphatic rings. The summed E-state index contributed by atoms with van der Waals surface area (Å²) < 4.78 is 61.1. The summed E-state index contributed by atoms with van der Waals surface area (Å²) in [4.78, 5) is 10.2. The van der Waals surface area contributed by atoms with Crippen LogP contribution < -0.4 is 5.32 Å². The Kier molecular flexibility index (Phi) is 2.42. The molecule has 8 heteroatoms. The molecular formula is C9H6F3NO3S. The van der Waals surface area contributed by atoms with E-state index in [1.54, 1.807) is 0 Å². The highest BCUT2D eigenvalue weighted by molar-refractivity contribution is 7.92. The summed E-state index contributed by atoms with van der Waals surface area (Å²) in [5, 5.41) is 2.11. The molecule has 0 radical (unpaired) electrons. The van der Waals surface area contributed by atoms with Crippen LogP contribution in [0.1, 0.15) is 5.56 Å². The van der Waals surface area contributed by atoms with E-state index in [2.05, 4.69) is 5.32 Å². The quantitative estimate of drug-likeness (QED) is 0.771. The lowest BCUT2D eigenvalue weighted by molar-refractivity contribution is -0.140. The Morgan fingerprint density at radius 2 is 1.88 bits per heavy atom. The molecule has 1 amide bonds. The Balaban J connectivity index is 2.78. The molecule has 92 valence electrons. The molecule has 0 saturated carbocycles. The molecule has 4 nitrogen and oxygen atoms in total. The maximum Gasteiger partial charge on any atom is 0.417 e. The van der Waals surface area contributed by atoms with Crippen molar-refractivity contribution in [3.05, 3.63) is 23.8 Å². The number of hydrogen-bond acceptors (Lipinski definition) is 3. The maximum absolute atomic E-state index is 12.6. The first-order valence-electron chi connectivity index (χ1n) is 4.44. The minimum atomic E-state index is -4.78. The van der Waals surface area contributed by atoms with Gasteiger partial charge in [-0.25, -0.2) is 8.42 Å². The Morgan fingerprint density at radius 1 is 1.24 bits per heavy atom. The smallest absolute Gasteiger partial charge is 0.324 e. The molecule has 2 rings (SSSR count). The van der Waals surface area contributed by atoms with Crippen molar-refractivity contribution in [1.29, 1.82) is 0 Å². The fourth-order valence-electron chi connectivity index (χ4n) is 1.62. The summed E-state index contributed by atoms with van der Waals surface area (Å²) in [6, 6.07) is 2.84. The molecule has 0 atom stereocenters. The van der Waals surface area contributed by atoms with Crippen molar-refractivity contribution < 1.29 is 26.4 Å². The third-order valence-electron chi connectivity index (χ3n) is 2.23. The number of fused-ring (bicyclic) bond motifs is 1. The van der Waals surface area contributed by atoms with Gasteiger partial charge in [0.2, 0.25) is 5.91 Å². The highest BCUT2D eigenvalue weighted by Crippen LogP contribution is 2.39. The summed E-state index contributed by atoms with van der Waals surface area (Å²) in [6.07, 6.45) is -4.78. The van der Waals surface area contributed by atoms with Gasteiger partial charge >= 0.3 is 6.18 Å². The Morgan fingerprint density at radius 3 is 2.47 bits per heavy atom. The minimum Gasteiger partial charge on any atom is -0.324 e. The first kappa shape index (κ1) is 11.9. The van der Waals surface area contributed by atoms with E-state index in [0.29, 0.717) is 6.07 Å². The molecule has 1 aromatic rings. The van der Waals surface area contributed by atoms with Crippen LogP contribution in [0.4, 0.5) is 18.9 Å². The van der Waals surface area contributed by atoms with E-state index in [-0.39, 0.29) is 5.69 Å². The molecule has 0 saturated heterocycles. The van der Waals surface area contributed by atoms with Gasteiger partial charge in [0.25, 0.3) is 0 Å². The molecule has 0 aliphatic carbocycles. The van der Waals surface area contributed by atoms with Gasteiger partial charge in [-0.2, -0.15) is 13.2 Å². The predicted molar refractivity (Wildman–Crippen MR) is 52.1 cm³/mol. The zero-order valence-corrected chi connectivity index (χ0v) is 9.02. The number of hydrogen-bond donors (Lipinski definition) is 1. The fraction of sp³-hybridized carbons (Fsp3) is 0.222. The predicted octanol–water partition coefficient (Wildman–Crippen LogP) is 1.43. The van der Waals surface area contributed by atoms with E-state index in [4.69, 9.17) is 0 Å². The minimum absolute atomic E-state index is 0.323. The monoisotopic (exact) mass is 265 g/mol. The van der Waals surface area contributed by atoms with Gasteiger partial charge in [-0.05, 0) is 12.1 Å². The lowest BCUT2D eigenvalue weighted by Gasteiger charge is -2.21. The number of sulfone groups is 1. The fourth-order valence-corrected chi connectivity index (χ4v) is 3.16. The van der Waals surface area contributed by atoms with Crippen LogP contribution in [0.25, 0.3) is 0 Å². The standard InChI is InChI=1S/C9H6F3NO3S/c10-9(11,12)5-2-1-3-6-8(5)17(15,16)4-7(14)13-6/h1-3H,4H2,(H,13,14). The van der Waals surface area contributed by atoms with Gasteiger partial charge < -0.3 is 5.32 Å². The summed E-state index contributed by atoms with van der Waals surface area (Å²) in [5.74, 6) is -1.80. The van der Waals surface area contributed by atoms with Crippen LogP contribution in [-0.4, -0.2) is 20.1 Å². The molecule has 1 N–H and O–H groups in total. The van der Waals surface area contributed by atoms with Crippen LogP contribution in [0.2, 0.25) is 0 Å². The molecule has 1 aromatic carbocycles. The number of alkyl halides is 3. The lowest BCUT2D eigenvalue weighted by atomic mass is 10.2. The van der Waals surface area contributed by atoms with Crippen LogP contribution in [0.3, 0.4) is 0 Å². The van der Waals surface area contributed by atoms with E-state index >= 15 is 0 Å². The third-order valence-corrected chi connectivity index (χ3v) is 3.93. The molecule has 0 spiro atoms. The Bertz CT molecular complexity index is 592. The maximum atomic E-state index is 12.6. The van der Waals surface area contributed by atoms with Crippen molar-refractivity contribution in [2.75, 3.05) is 11.1 Å². The first-order chi connectivity index (χ1) is 7.72. The number of benzene rings is 1. The first-order valence-corrected chi connectivity index (χ1v) is 6.10. The topological polar surface area (TPSA) is 63.2 Å². The van der Waals surface area contributed by atoms with Gasteiger partial charge in [-0.1, -0.05) is 6.07 Å². The largest absolute Gasteiger partial charge is 0.417 e. The zero-order valence-electron chi connectivity index (χ0n) is 8.21. The van der Waals surface area contributed by atoms with Crippen molar-refractivity contribution in [2.45, 2.75) is 11.1 Å². The van der Waals surface area contributed by atoms with Gasteiger partial charge in [0, 0.05) is 0 Å². The lowest BCUT2D eigenvalue weighted by Crippen LogP contribution is -2.31. The van der Waals surface area contributed by atoms with Gasteiger partial charge in [-0.3, -0.25) is 4.79 Å². The molecule has 0 fully saturated rings. The molecule has 17 heavy (non-hydrogen) atoms. The van der Waals surface area contributed by atoms with E-state index in [9.17, 15) is 26.4 Å². The van der Waals surface area contributed by atoms with Gasteiger partial charge in [0.15, 0.2) is 9.84 Å². The average molecular weight is 265 g/mol. The second-order valence-electron chi connectivity index (χ2n) is 3.49. The number of halogens is 3. The Labute approximate surface area is 94.4 Å². The number of carbonyl (C=O) groups is 1. The van der Waals surface area contributed by atoms with Crippen LogP contribution in [0.5, 0.6) is 0 Å². The SMILES string of the molecule is O=C1CS(=O)(=O)c2c(cccc2C(F)(F)F)N1. The van der Waals surface area contributed by atoms with E-state index in [1.807, 2.05) is 0 Å².